The van der Waals surface area contributed by atoms with Crippen LogP contribution in [-0.2, 0) is 0 Å². The Morgan fingerprint density at radius 2 is 2.11 bits per heavy atom. The van der Waals surface area contributed by atoms with Gasteiger partial charge >= 0.3 is 0 Å². The van der Waals surface area contributed by atoms with Crippen LogP contribution in [0.2, 0.25) is 0 Å². The summed E-state index contributed by atoms with van der Waals surface area (Å²) in [6.07, 6.45) is 2.36. The molecule has 0 aliphatic heterocycles. The summed E-state index contributed by atoms with van der Waals surface area (Å²) in [6, 6.07) is 7.26. The first-order valence-corrected chi connectivity index (χ1v) is 6.16. The average molecular weight is 265 g/mol. The first-order chi connectivity index (χ1) is 8.66. The fourth-order valence-electron chi connectivity index (χ4n) is 1.38. The zero-order chi connectivity index (χ0) is 13.0. The van der Waals surface area contributed by atoms with Crippen molar-refractivity contribution >= 4 is 17.5 Å². The van der Waals surface area contributed by atoms with Crippen LogP contribution in [0.25, 0.3) is 0 Å². The third-order valence-corrected chi connectivity index (χ3v) is 3.23. The van der Waals surface area contributed by atoms with Gasteiger partial charge in [-0.05, 0) is 24.3 Å². The van der Waals surface area contributed by atoms with Gasteiger partial charge in [0.05, 0.1) is 17.5 Å². The van der Waals surface area contributed by atoms with E-state index >= 15 is 0 Å². The van der Waals surface area contributed by atoms with Gasteiger partial charge in [0, 0.05) is 11.1 Å². The van der Waals surface area contributed by atoms with Crippen molar-refractivity contribution in [1.82, 2.24) is 4.98 Å². The summed E-state index contributed by atoms with van der Waals surface area (Å²) in [5.41, 5.74) is 0.00824. The van der Waals surface area contributed by atoms with Gasteiger partial charge in [-0.25, -0.2) is 8.78 Å². The largest absolute Gasteiger partial charge is 0.293 e. The highest BCUT2D eigenvalue weighted by Crippen LogP contribution is 2.20. The number of carbonyl (C=O) groups is 1. The first-order valence-electron chi connectivity index (χ1n) is 5.18. The number of ketones is 1. The smallest absolute Gasteiger partial charge is 0.176 e. The number of pyridine rings is 1. The number of hydrogen-bond donors (Lipinski definition) is 0. The number of hydrogen-bond acceptors (Lipinski definition) is 3. The number of Topliss-reactive ketones (excluding diaryl/α,β-unsaturated/α-hetero) is 1. The number of aromatic nitrogens is 1. The van der Waals surface area contributed by atoms with Gasteiger partial charge in [-0.3, -0.25) is 9.78 Å². The van der Waals surface area contributed by atoms with Gasteiger partial charge in [0.25, 0.3) is 0 Å². The van der Waals surface area contributed by atoms with Gasteiger partial charge < -0.3 is 0 Å². The van der Waals surface area contributed by atoms with Crippen molar-refractivity contribution in [3.63, 3.8) is 0 Å². The molecule has 1 heterocycles. The van der Waals surface area contributed by atoms with Crippen molar-refractivity contribution in [3.8, 4) is 0 Å². The third kappa shape index (κ3) is 3.13. The van der Waals surface area contributed by atoms with Crippen molar-refractivity contribution in [2.75, 3.05) is 5.75 Å². The Balaban J connectivity index is 2.03. The minimum Gasteiger partial charge on any atom is -0.293 e. The second-order valence-corrected chi connectivity index (χ2v) is 4.57. The predicted octanol–water partition coefficient (Wildman–Crippen LogP) is 3.33. The molecule has 0 aliphatic carbocycles. The SMILES string of the molecule is O=C(CSc1cccc(F)c1)c1ccncc1F. The number of thioether (sulfide) groups is 1. The van der Waals surface area contributed by atoms with E-state index in [1.54, 1.807) is 12.1 Å². The Morgan fingerprint density at radius 3 is 2.83 bits per heavy atom. The maximum absolute atomic E-state index is 13.3. The average Bonchev–Trinajstić information content (AvgIpc) is 2.37. The number of benzene rings is 1. The molecule has 92 valence electrons. The summed E-state index contributed by atoms with van der Waals surface area (Å²) < 4.78 is 26.2. The van der Waals surface area contributed by atoms with Crippen LogP contribution >= 0.6 is 11.8 Å². The van der Waals surface area contributed by atoms with Gasteiger partial charge in [0.15, 0.2) is 11.6 Å². The molecule has 0 radical (unpaired) electrons. The van der Waals surface area contributed by atoms with Crippen LogP contribution < -0.4 is 0 Å². The van der Waals surface area contributed by atoms with Crippen molar-refractivity contribution in [3.05, 3.63) is 59.9 Å². The fraction of sp³-hybridized carbons (Fsp3) is 0.0769. The molecule has 0 bridgehead atoms. The normalized spacial score (nSPS) is 10.3. The lowest BCUT2D eigenvalue weighted by atomic mass is 10.2. The molecule has 0 N–H and O–H groups in total. The summed E-state index contributed by atoms with van der Waals surface area (Å²) in [6.45, 7) is 0. The van der Waals surface area contributed by atoms with E-state index in [1.807, 2.05) is 0 Å². The molecule has 0 aliphatic rings. The van der Waals surface area contributed by atoms with E-state index in [1.165, 1.54) is 36.2 Å². The molecule has 0 amide bonds. The van der Waals surface area contributed by atoms with Crippen molar-refractivity contribution < 1.29 is 13.6 Å². The lowest BCUT2D eigenvalue weighted by Gasteiger charge is -2.02. The first kappa shape index (κ1) is 12.7. The Labute approximate surface area is 107 Å². The topological polar surface area (TPSA) is 30.0 Å². The molecule has 0 saturated heterocycles. The zero-order valence-electron chi connectivity index (χ0n) is 9.27. The molecule has 0 atom stereocenters. The minimum absolute atomic E-state index is 0.00824. The molecular weight excluding hydrogens is 256 g/mol. The standard InChI is InChI=1S/C13H9F2NOS/c14-9-2-1-3-10(6-9)18-8-13(17)11-4-5-16-7-12(11)15/h1-7H,8H2. The van der Waals surface area contributed by atoms with Crippen LogP contribution in [0.1, 0.15) is 10.4 Å². The number of rotatable bonds is 4. The van der Waals surface area contributed by atoms with Crippen LogP contribution in [0, 0.1) is 11.6 Å². The molecule has 18 heavy (non-hydrogen) atoms. The Kier molecular flexibility index (Phi) is 4.04. The highest BCUT2D eigenvalue weighted by molar-refractivity contribution is 8.00. The van der Waals surface area contributed by atoms with E-state index in [4.69, 9.17) is 0 Å². The Bertz CT molecular complexity index is 574. The van der Waals surface area contributed by atoms with E-state index in [9.17, 15) is 13.6 Å². The maximum Gasteiger partial charge on any atom is 0.176 e. The molecule has 2 rings (SSSR count). The second kappa shape index (κ2) is 5.73. The quantitative estimate of drug-likeness (QED) is 0.627. The Morgan fingerprint density at radius 1 is 1.28 bits per heavy atom. The lowest BCUT2D eigenvalue weighted by molar-refractivity contribution is 0.101. The third-order valence-electron chi connectivity index (χ3n) is 2.24. The molecule has 1 aromatic carbocycles. The highest BCUT2D eigenvalue weighted by atomic mass is 32.2. The second-order valence-electron chi connectivity index (χ2n) is 3.52. The summed E-state index contributed by atoms with van der Waals surface area (Å²) in [5.74, 6) is -1.28. The van der Waals surface area contributed by atoms with Crippen LogP contribution in [-0.4, -0.2) is 16.5 Å². The molecule has 2 aromatic rings. The predicted molar refractivity (Wildman–Crippen MR) is 65.6 cm³/mol. The number of nitrogens with zero attached hydrogens (tertiary/aromatic N) is 1. The fourth-order valence-corrected chi connectivity index (χ4v) is 2.21. The van der Waals surface area contributed by atoms with Gasteiger partial charge in [-0.1, -0.05) is 6.07 Å². The summed E-state index contributed by atoms with van der Waals surface area (Å²) in [7, 11) is 0. The van der Waals surface area contributed by atoms with Crippen molar-refractivity contribution in [2.45, 2.75) is 4.90 Å². The van der Waals surface area contributed by atoms with Crippen LogP contribution in [0.15, 0.2) is 47.6 Å². The van der Waals surface area contributed by atoms with Crippen LogP contribution in [0.5, 0.6) is 0 Å². The molecule has 0 saturated carbocycles. The monoisotopic (exact) mass is 265 g/mol. The van der Waals surface area contributed by atoms with Gasteiger partial charge in [-0.15, -0.1) is 11.8 Å². The van der Waals surface area contributed by atoms with Crippen LogP contribution in [0.3, 0.4) is 0 Å². The molecule has 0 unspecified atom stereocenters. The molecule has 0 spiro atoms. The molecule has 2 nitrogen and oxygen atoms in total. The number of halogens is 2. The van der Waals surface area contributed by atoms with Gasteiger partial charge in [0.2, 0.25) is 0 Å². The number of carbonyl (C=O) groups excluding carboxylic acids is 1. The lowest BCUT2D eigenvalue weighted by Crippen LogP contribution is -2.05. The maximum atomic E-state index is 13.3. The van der Waals surface area contributed by atoms with Crippen molar-refractivity contribution in [1.29, 1.82) is 0 Å². The van der Waals surface area contributed by atoms with Gasteiger partial charge in [0.1, 0.15) is 5.82 Å². The van der Waals surface area contributed by atoms with Crippen LogP contribution in [0.4, 0.5) is 8.78 Å². The highest BCUT2D eigenvalue weighted by Gasteiger charge is 2.11. The molecule has 0 fully saturated rings. The molecular formula is C13H9F2NOS. The molecule has 5 heteroatoms. The Hall–Kier alpha value is -1.75. The van der Waals surface area contributed by atoms with E-state index in [0.717, 1.165) is 6.20 Å². The van der Waals surface area contributed by atoms with E-state index < -0.39 is 5.82 Å². The summed E-state index contributed by atoms with van der Waals surface area (Å²) >= 11 is 1.17. The van der Waals surface area contributed by atoms with Gasteiger partial charge in [-0.2, -0.15) is 0 Å². The molecule has 1 aromatic heterocycles. The van der Waals surface area contributed by atoms with E-state index in [-0.39, 0.29) is 22.9 Å². The van der Waals surface area contributed by atoms with E-state index in [2.05, 4.69) is 4.98 Å². The summed E-state index contributed by atoms with van der Waals surface area (Å²) in [5, 5.41) is 0. The zero-order valence-corrected chi connectivity index (χ0v) is 10.1. The van der Waals surface area contributed by atoms with E-state index in [0.29, 0.717) is 4.90 Å². The minimum atomic E-state index is -0.637. The van der Waals surface area contributed by atoms with Crippen molar-refractivity contribution in [2.24, 2.45) is 0 Å². The summed E-state index contributed by atoms with van der Waals surface area (Å²) in [4.78, 5) is 16.0.